The topological polar surface area (TPSA) is 96.5 Å². The maximum atomic E-state index is 13.0. The van der Waals surface area contributed by atoms with Gasteiger partial charge in [0.15, 0.2) is 0 Å². The van der Waals surface area contributed by atoms with Crippen LogP contribution in [0.25, 0.3) is 0 Å². The third-order valence-corrected chi connectivity index (χ3v) is 6.57. The van der Waals surface area contributed by atoms with Crippen molar-refractivity contribution in [3.8, 4) is 0 Å². The van der Waals surface area contributed by atoms with Gasteiger partial charge in [0, 0.05) is 49.4 Å². The van der Waals surface area contributed by atoms with Gasteiger partial charge in [0.2, 0.25) is 11.9 Å². The van der Waals surface area contributed by atoms with E-state index in [0.717, 1.165) is 24.1 Å². The molecule has 3 unspecified atom stereocenters. The Hall–Kier alpha value is -2.71. The fourth-order valence-corrected chi connectivity index (χ4v) is 4.58. The van der Waals surface area contributed by atoms with Crippen molar-refractivity contribution in [1.29, 1.82) is 0 Å². The molecule has 2 aromatic rings. The number of carbonyl (C=O) groups excluding carboxylic acids is 2. The molecule has 0 saturated carbocycles. The van der Waals surface area contributed by atoms with Crippen LogP contribution in [-0.4, -0.2) is 47.1 Å². The largest absolute Gasteiger partial charge is 0.381 e. The van der Waals surface area contributed by atoms with E-state index < -0.39 is 0 Å². The number of anilines is 2. The molecule has 32 heavy (non-hydrogen) atoms. The molecule has 0 aliphatic carbocycles. The van der Waals surface area contributed by atoms with Gasteiger partial charge in [0.05, 0.1) is 23.5 Å². The minimum atomic E-state index is -0.187. The van der Waals surface area contributed by atoms with Gasteiger partial charge >= 0.3 is 0 Å². The Morgan fingerprint density at radius 2 is 1.84 bits per heavy atom. The molecule has 170 valence electrons. The second-order valence-electron chi connectivity index (χ2n) is 8.47. The van der Waals surface area contributed by atoms with E-state index in [-0.39, 0.29) is 35.9 Å². The predicted molar refractivity (Wildman–Crippen MR) is 123 cm³/mol. The van der Waals surface area contributed by atoms with Crippen molar-refractivity contribution in [1.82, 2.24) is 15.3 Å². The summed E-state index contributed by atoms with van der Waals surface area (Å²) in [6.45, 7) is 6.98. The van der Waals surface area contributed by atoms with Crippen molar-refractivity contribution >= 4 is 35.1 Å². The van der Waals surface area contributed by atoms with Crippen LogP contribution >= 0.6 is 11.6 Å². The second kappa shape index (κ2) is 9.42. The third-order valence-electron chi connectivity index (χ3n) is 6.38. The summed E-state index contributed by atoms with van der Waals surface area (Å²) in [4.78, 5) is 35.8. The van der Waals surface area contributed by atoms with Gasteiger partial charge in [-0.2, -0.15) is 0 Å². The molecule has 2 aliphatic rings. The Morgan fingerprint density at radius 3 is 2.50 bits per heavy atom. The van der Waals surface area contributed by atoms with Crippen LogP contribution in [0.3, 0.4) is 0 Å². The molecule has 4 rings (SSSR count). The molecule has 3 atom stereocenters. The van der Waals surface area contributed by atoms with Crippen LogP contribution in [0.1, 0.15) is 55.6 Å². The van der Waals surface area contributed by atoms with Crippen molar-refractivity contribution in [2.24, 2.45) is 5.92 Å². The first kappa shape index (κ1) is 22.5. The highest BCUT2D eigenvalue weighted by Crippen LogP contribution is 2.42. The van der Waals surface area contributed by atoms with Crippen molar-refractivity contribution < 1.29 is 14.3 Å². The summed E-state index contributed by atoms with van der Waals surface area (Å²) in [6, 6.07) is 5.38. The number of nitrogens with zero attached hydrogens (tertiary/aromatic N) is 3. The summed E-state index contributed by atoms with van der Waals surface area (Å²) in [5.41, 5.74) is 2.21. The summed E-state index contributed by atoms with van der Waals surface area (Å²) >= 11 is 5.93. The maximum absolute atomic E-state index is 13.0. The lowest BCUT2D eigenvalue weighted by molar-refractivity contribution is -0.117. The Bertz CT molecular complexity index is 994. The van der Waals surface area contributed by atoms with E-state index in [4.69, 9.17) is 16.3 Å². The number of fused-ring (bicyclic) bond motifs is 1. The lowest BCUT2D eigenvalue weighted by Gasteiger charge is -2.44. The summed E-state index contributed by atoms with van der Waals surface area (Å²) in [5, 5.41) is 6.95. The average Bonchev–Trinajstić information content (AvgIpc) is 2.78. The molecule has 8 nitrogen and oxygen atoms in total. The number of ether oxygens (including phenoxy) is 1. The van der Waals surface area contributed by atoms with Crippen LogP contribution in [-0.2, 0) is 9.53 Å². The summed E-state index contributed by atoms with van der Waals surface area (Å²) < 4.78 is 5.38. The molecule has 2 amide bonds. The maximum Gasteiger partial charge on any atom is 0.251 e. The first-order valence-corrected chi connectivity index (χ1v) is 11.3. The first-order valence-electron chi connectivity index (χ1n) is 10.9. The molecule has 0 spiro atoms. The Kier molecular flexibility index (Phi) is 6.62. The third kappa shape index (κ3) is 4.56. The van der Waals surface area contributed by atoms with Crippen molar-refractivity contribution in [3.05, 3.63) is 46.7 Å². The average molecular weight is 458 g/mol. The van der Waals surface area contributed by atoms with Crippen LogP contribution in [0.15, 0.2) is 30.6 Å². The van der Waals surface area contributed by atoms with Gasteiger partial charge in [0.1, 0.15) is 0 Å². The van der Waals surface area contributed by atoms with Crippen molar-refractivity contribution in [2.45, 2.75) is 51.7 Å². The number of nitrogens with one attached hydrogen (secondary N) is 2. The van der Waals surface area contributed by atoms with Crippen molar-refractivity contribution in [2.75, 3.05) is 23.4 Å². The lowest BCUT2D eigenvalue weighted by Crippen LogP contribution is -2.48. The molecule has 2 aliphatic heterocycles. The molecule has 1 aromatic heterocycles. The van der Waals surface area contributed by atoms with Gasteiger partial charge < -0.3 is 20.3 Å². The highest BCUT2D eigenvalue weighted by Gasteiger charge is 2.39. The predicted octanol–water partition coefficient (Wildman–Crippen LogP) is 3.58. The molecule has 2 N–H and O–H groups in total. The molecular formula is C23H28ClN5O3. The molecule has 0 radical (unpaired) electrons. The summed E-state index contributed by atoms with van der Waals surface area (Å²) in [5.74, 6) is 0.324. The van der Waals surface area contributed by atoms with Crippen LogP contribution in [0.5, 0.6) is 0 Å². The number of benzene rings is 1. The van der Waals surface area contributed by atoms with E-state index in [9.17, 15) is 9.59 Å². The Labute approximate surface area is 192 Å². The molecular weight excluding hydrogens is 430 g/mol. The van der Waals surface area contributed by atoms with Gasteiger partial charge in [-0.25, -0.2) is 9.97 Å². The quantitative estimate of drug-likeness (QED) is 0.728. The zero-order valence-corrected chi connectivity index (χ0v) is 19.2. The number of hydrogen-bond donors (Lipinski definition) is 2. The van der Waals surface area contributed by atoms with E-state index in [2.05, 4.69) is 27.5 Å². The van der Waals surface area contributed by atoms with Gasteiger partial charge in [-0.15, -0.1) is 0 Å². The van der Waals surface area contributed by atoms with E-state index in [1.807, 2.05) is 19.1 Å². The fourth-order valence-electron chi connectivity index (χ4n) is 4.48. The van der Waals surface area contributed by atoms with Crippen molar-refractivity contribution in [3.63, 3.8) is 0 Å². The number of hydrogen-bond acceptors (Lipinski definition) is 6. The van der Waals surface area contributed by atoms with E-state index in [1.54, 1.807) is 17.9 Å². The van der Waals surface area contributed by atoms with E-state index in [0.29, 0.717) is 29.7 Å². The van der Waals surface area contributed by atoms with Gasteiger partial charge in [0.25, 0.3) is 5.91 Å². The van der Waals surface area contributed by atoms with Gasteiger partial charge in [-0.3, -0.25) is 9.59 Å². The highest BCUT2D eigenvalue weighted by molar-refractivity contribution is 6.30. The minimum absolute atomic E-state index is 0.0359. The summed E-state index contributed by atoms with van der Waals surface area (Å²) in [7, 11) is 0. The SMILES string of the molecule is CC(=O)N1c2ccc(C(=O)NC3CCOCC3)cc2C(Nc2ncc(Cl)cn2)C(C)C1C. The fraction of sp³-hybridized carbons (Fsp3) is 0.478. The van der Waals surface area contributed by atoms with Crippen LogP contribution in [0, 0.1) is 5.92 Å². The monoisotopic (exact) mass is 457 g/mol. The smallest absolute Gasteiger partial charge is 0.251 e. The lowest BCUT2D eigenvalue weighted by atomic mass is 9.82. The minimum Gasteiger partial charge on any atom is -0.381 e. The Balaban J connectivity index is 1.68. The number of carbonyl (C=O) groups is 2. The molecule has 1 aromatic carbocycles. The Morgan fingerprint density at radius 1 is 1.16 bits per heavy atom. The number of amides is 2. The zero-order chi connectivity index (χ0) is 22.8. The zero-order valence-electron chi connectivity index (χ0n) is 18.5. The van der Waals surface area contributed by atoms with Crippen LogP contribution in [0.4, 0.5) is 11.6 Å². The number of aromatic nitrogens is 2. The number of halogens is 1. The van der Waals surface area contributed by atoms with E-state index in [1.165, 1.54) is 12.4 Å². The molecule has 3 heterocycles. The highest BCUT2D eigenvalue weighted by atomic mass is 35.5. The van der Waals surface area contributed by atoms with Gasteiger partial charge in [-0.05, 0) is 43.5 Å². The standard InChI is InChI=1S/C23H28ClN5O3/c1-13-14(2)29(15(3)30)20-5-4-16(22(31)27-18-6-8-32-9-7-18)10-19(20)21(13)28-23-25-11-17(24)12-26-23/h4-5,10-14,18,21H,6-9H2,1-3H3,(H,27,31)(H,25,26,28). The molecule has 1 fully saturated rings. The van der Waals surface area contributed by atoms with Crippen LogP contribution < -0.4 is 15.5 Å². The second-order valence-corrected chi connectivity index (χ2v) is 8.91. The molecule has 1 saturated heterocycles. The summed E-state index contributed by atoms with van der Waals surface area (Å²) in [6.07, 6.45) is 4.69. The number of rotatable bonds is 4. The van der Waals surface area contributed by atoms with Crippen LogP contribution in [0.2, 0.25) is 5.02 Å². The molecule has 9 heteroatoms. The first-order chi connectivity index (χ1) is 15.3. The molecule has 0 bridgehead atoms. The van der Waals surface area contributed by atoms with Gasteiger partial charge in [-0.1, -0.05) is 18.5 Å². The normalized spacial score (nSPS) is 23.4. The van der Waals surface area contributed by atoms with E-state index >= 15 is 0 Å².